The number of nitrogens with two attached hydrogens (primary N) is 1. The van der Waals surface area contributed by atoms with Gasteiger partial charge in [-0.1, -0.05) is 29.8 Å². The number of carbonyl (C=O) groups excluding carboxylic acids is 2. The molecule has 0 aliphatic heterocycles. The van der Waals surface area contributed by atoms with Crippen molar-refractivity contribution in [1.82, 2.24) is 10.3 Å². The Morgan fingerprint density at radius 1 is 0.893 bits per heavy atom. The molecule has 2 aromatic carbocycles. The fraction of sp³-hybridized carbons (Fsp3) is 0.136. The standard InChI is InChI=1S/C22H22N4O2/c1-15-2-4-17(5-3-15)21(27)25-14-20(23)16-6-8-18(9-7-16)22(28)26-19-10-12-24-13-11-19/h2-13,20H,14,23H2,1H3,(H,25,27)(H,24,26,28). The quantitative estimate of drug-likeness (QED) is 0.618. The summed E-state index contributed by atoms with van der Waals surface area (Å²) in [6.45, 7) is 2.27. The first kappa shape index (κ1) is 19.3. The molecule has 0 aliphatic rings. The predicted molar refractivity (Wildman–Crippen MR) is 109 cm³/mol. The molecule has 0 bridgehead atoms. The zero-order valence-corrected chi connectivity index (χ0v) is 15.6. The van der Waals surface area contributed by atoms with Crippen molar-refractivity contribution in [3.05, 3.63) is 95.3 Å². The summed E-state index contributed by atoms with van der Waals surface area (Å²) in [4.78, 5) is 28.4. The molecule has 0 radical (unpaired) electrons. The van der Waals surface area contributed by atoms with Crippen molar-refractivity contribution in [3.63, 3.8) is 0 Å². The van der Waals surface area contributed by atoms with Crippen LogP contribution in [0.25, 0.3) is 0 Å². The first-order valence-corrected chi connectivity index (χ1v) is 8.95. The molecule has 0 saturated carbocycles. The van der Waals surface area contributed by atoms with Crippen molar-refractivity contribution in [2.75, 3.05) is 11.9 Å². The van der Waals surface area contributed by atoms with Gasteiger partial charge in [-0.2, -0.15) is 0 Å². The van der Waals surface area contributed by atoms with Gasteiger partial charge < -0.3 is 16.4 Å². The first-order chi connectivity index (χ1) is 13.5. The number of nitrogens with one attached hydrogen (secondary N) is 2. The van der Waals surface area contributed by atoms with Crippen LogP contribution in [0.2, 0.25) is 0 Å². The summed E-state index contributed by atoms with van der Waals surface area (Å²) >= 11 is 0. The number of hydrogen-bond donors (Lipinski definition) is 3. The number of aryl methyl sites for hydroxylation is 1. The molecular formula is C22H22N4O2. The highest BCUT2D eigenvalue weighted by atomic mass is 16.2. The number of aromatic nitrogens is 1. The maximum absolute atomic E-state index is 12.3. The first-order valence-electron chi connectivity index (χ1n) is 8.95. The van der Waals surface area contributed by atoms with Crippen molar-refractivity contribution in [1.29, 1.82) is 0 Å². The SMILES string of the molecule is Cc1ccc(C(=O)NCC(N)c2ccc(C(=O)Nc3ccncc3)cc2)cc1. The van der Waals surface area contributed by atoms with Crippen LogP contribution in [0.15, 0.2) is 73.1 Å². The van der Waals surface area contributed by atoms with Crippen LogP contribution in [0.3, 0.4) is 0 Å². The molecule has 0 saturated heterocycles. The van der Waals surface area contributed by atoms with Crippen LogP contribution >= 0.6 is 0 Å². The second-order valence-electron chi connectivity index (χ2n) is 6.49. The van der Waals surface area contributed by atoms with Gasteiger partial charge in [0.15, 0.2) is 0 Å². The normalized spacial score (nSPS) is 11.5. The van der Waals surface area contributed by atoms with E-state index in [1.807, 2.05) is 19.1 Å². The second-order valence-corrected chi connectivity index (χ2v) is 6.49. The third-order valence-corrected chi connectivity index (χ3v) is 4.34. The average molecular weight is 374 g/mol. The van der Waals surface area contributed by atoms with Gasteiger partial charge in [-0.25, -0.2) is 0 Å². The summed E-state index contributed by atoms with van der Waals surface area (Å²) in [6.07, 6.45) is 3.23. The average Bonchev–Trinajstić information content (AvgIpc) is 2.73. The summed E-state index contributed by atoms with van der Waals surface area (Å²) in [5, 5.41) is 5.64. The van der Waals surface area contributed by atoms with E-state index in [-0.39, 0.29) is 17.9 Å². The molecule has 1 heterocycles. The van der Waals surface area contributed by atoms with Crippen molar-refractivity contribution in [3.8, 4) is 0 Å². The Labute approximate surface area is 163 Å². The van der Waals surface area contributed by atoms with Crippen molar-refractivity contribution in [2.45, 2.75) is 13.0 Å². The van der Waals surface area contributed by atoms with Gasteiger partial charge in [0.05, 0.1) is 0 Å². The minimum absolute atomic E-state index is 0.163. The van der Waals surface area contributed by atoms with Crippen molar-refractivity contribution in [2.24, 2.45) is 5.73 Å². The fourth-order valence-corrected chi connectivity index (χ4v) is 2.65. The summed E-state index contributed by atoms with van der Waals surface area (Å²) in [5.41, 5.74) is 9.91. The molecule has 1 atom stereocenters. The lowest BCUT2D eigenvalue weighted by atomic mass is 10.0. The van der Waals surface area contributed by atoms with Crippen molar-refractivity contribution < 1.29 is 9.59 Å². The molecule has 0 aliphatic carbocycles. The van der Waals surface area contributed by atoms with Crippen LogP contribution in [0.4, 0.5) is 5.69 Å². The zero-order chi connectivity index (χ0) is 19.9. The molecule has 4 N–H and O–H groups in total. The van der Waals surface area contributed by atoms with Gasteiger partial charge in [-0.15, -0.1) is 0 Å². The number of hydrogen-bond acceptors (Lipinski definition) is 4. The third-order valence-electron chi connectivity index (χ3n) is 4.34. The van der Waals surface area contributed by atoms with E-state index < -0.39 is 0 Å². The molecule has 3 aromatic rings. The third kappa shape index (κ3) is 5.02. The predicted octanol–water partition coefficient (Wildman–Crippen LogP) is 3.07. The topological polar surface area (TPSA) is 97.1 Å². The summed E-state index contributed by atoms with van der Waals surface area (Å²) in [5.74, 6) is -0.372. The van der Waals surface area contributed by atoms with E-state index in [9.17, 15) is 9.59 Å². The second kappa shape index (κ2) is 8.92. The van der Waals surface area contributed by atoms with E-state index in [4.69, 9.17) is 5.73 Å². The number of pyridine rings is 1. The van der Waals surface area contributed by atoms with E-state index in [1.54, 1.807) is 60.9 Å². The minimum Gasteiger partial charge on any atom is -0.350 e. The van der Waals surface area contributed by atoms with Crippen molar-refractivity contribution >= 4 is 17.5 Å². The lowest BCUT2D eigenvalue weighted by molar-refractivity contribution is 0.0950. The van der Waals surface area contributed by atoms with Gasteiger partial charge in [-0.3, -0.25) is 14.6 Å². The van der Waals surface area contributed by atoms with Crippen LogP contribution in [-0.4, -0.2) is 23.3 Å². The number of rotatable bonds is 6. The molecule has 28 heavy (non-hydrogen) atoms. The van der Waals surface area contributed by atoms with Crippen LogP contribution in [0.5, 0.6) is 0 Å². The molecule has 0 spiro atoms. The lowest BCUT2D eigenvalue weighted by Crippen LogP contribution is -2.31. The minimum atomic E-state index is -0.369. The number of carbonyl (C=O) groups is 2. The van der Waals surface area contributed by atoms with Gasteiger partial charge >= 0.3 is 0 Å². The fourth-order valence-electron chi connectivity index (χ4n) is 2.65. The monoisotopic (exact) mass is 374 g/mol. The summed E-state index contributed by atoms with van der Waals surface area (Å²) < 4.78 is 0. The van der Waals surface area contributed by atoms with E-state index in [0.717, 1.165) is 11.1 Å². The molecule has 6 nitrogen and oxygen atoms in total. The van der Waals surface area contributed by atoms with Gasteiger partial charge in [0.2, 0.25) is 0 Å². The molecular weight excluding hydrogens is 352 g/mol. The van der Waals surface area contributed by atoms with Crippen LogP contribution in [-0.2, 0) is 0 Å². The Hall–Kier alpha value is -3.51. The van der Waals surface area contributed by atoms with Gasteiger partial charge in [0.25, 0.3) is 11.8 Å². The van der Waals surface area contributed by atoms with Gasteiger partial charge in [0, 0.05) is 41.8 Å². The lowest BCUT2D eigenvalue weighted by Gasteiger charge is -2.14. The molecule has 1 unspecified atom stereocenters. The Bertz CT molecular complexity index is 939. The number of nitrogens with zero attached hydrogens (tertiary/aromatic N) is 1. The molecule has 1 aromatic heterocycles. The van der Waals surface area contributed by atoms with E-state index >= 15 is 0 Å². The van der Waals surface area contributed by atoms with Gasteiger partial charge in [-0.05, 0) is 48.9 Å². The zero-order valence-electron chi connectivity index (χ0n) is 15.6. The molecule has 2 amide bonds. The number of anilines is 1. The summed E-state index contributed by atoms with van der Waals surface area (Å²) in [7, 11) is 0. The maximum Gasteiger partial charge on any atom is 0.255 e. The van der Waals surface area contributed by atoms with E-state index in [2.05, 4.69) is 15.6 Å². The van der Waals surface area contributed by atoms with Gasteiger partial charge in [0.1, 0.15) is 0 Å². The van der Waals surface area contributed by atoms with E-state index in [1.165, 1.54) is 0 Å². The van der Waals surface area contributed by atoms with Crippen LogP contribution in [0, 0.1) is 6.92 Å². The Kier molecular flexibility index (Phi) is 6.14. The maximum atomic E-state index is 12.3. The molecule has 3 rings (SSSR count). The van der Waals surface area contributed by atoms with Crippen LogP contribution in [0.1, 0.15) is 37.9 Å². The number of benzene rings is 2. The molecule has 0 fully saturated rings. The Balaban J connectivity index is 1.55. The molecule has 142 valence electrons. The highest BCUT2D eigenvalue weighted by molar-refractivity contribution is 6.04. The largest absolute Gasteiger partial charge is 0.350 e. The van der Waals surface area contributed by atoms with Crippen LogP contribution < -0.4 is 16.4 Å². The van der Waals surface area contributed by atoms with E-state index in [0.29, 0.717) is 23.4 Å². The number of amides is 2. The highest BCUT2D eigenvalue weighted by Crippen LogP contribution is 2.13. The smallest absolute Gasteiger partial charge is 0.255 e. The Morgan fingerprint density at radius 3 is 2.11 bits per heavy atom. The Morgan fingerprint density at radius 2 is 1.46 bits per heavy atom. The molecule has 6 heteroatoms. The summed E-state index contributed by atoms with van der Waals surface area (Å²) in [6, 6.07) is 17.5. The highest BCUT2D eigenvalue weighted by Gasteiger charge is 2.11.